The molecule has 0 saturated heterocycles. The van der Waals surface area contributed by atoms with Crippen molar-refractivity contribution in [1.82, 2.24) is 9.55 Å². The van der Waals surface area contributed by atoms with E-state index in [-0.39, 0.29) is 0 Å². The third-order valence-corrected chi connectivity index (χ3v) is 2.66. The van der Waals surface area contributed by atoms with Crippen molar-refractivity contribution in [2.24, 2.45) is 7.05 Å². The number of hydrogen-bond donors (Lipinski definition) is 1. The van der Waals surface area contributed by atoms with Gasteiger partial charge in [-0.25, -0.2) is 0 Å². The van der Waals surface area contributed by atoms with Crippen LogP contribution in [0.3, 0.4) is 0 Å². The fourth-order valence-corrected chi connectivity index (χ4v) is 1.78. The molecule has 2 aromatic heterocycles. The van der Waals surface area contributed by atoms with E-state index in [1.54, 1.807) is 0 Å². The van der Waals surface area contributed by atoms with Crippen LogP contribution in [0.15, 0.2) is 36.9 Å². The van der Waals surface area contributed by atoms with Gasteiger partial charge < -0.3 is 14.8 Å². The molecule has 0 aliphatic carbocycles. The highest BCUT2D eigenvalue weighted by atomic mass is 15.1. The number of rotatable bonds is 4. The van der Waals surface area contributed by atoms with Gasteiger partial charge in [-0.3, -0.25) is 4.98 Å². The first-order chi connectivity index (χ1) is 8.16. The molecule has 0 bridgehead atoms. The summed E-state index contributed by atoms with van der Waals surface area (Å²) in [5.74, 6) is 0. The maximum absolute atomic E-state index is 4.15. The van der Waals surface area contributed by atoms with Crippen LogP contribution in [0.1, 0.15) is 5.56 Å². The summed E-state index contributed by atoms with van der Waals surface area (Å²) in [6.45, 7) is 0.813. The molecule has 2 heterocycles. The summed E-state index contributed by atoms with van der Waals surface area (Å²) in [4.78, 5) is 6.23. The molecule has 2 aromatic rings. The van der Waals surface area contributed by atoms with Crippen LogP contribution in [0, 0.1) is 0 Å². The zero-order valence-electron chi connectivity index (χ0n) is 10.5. The molecule has 1 N–H and O–H groups in total. The molecule has 90 valence electrons. The highest BCUT2D eigenvalue weighted by Gasteiger charge is 2.03. The van der Waals surface area contributed by atoms with E-state index in [2.05, 4.69) is 27.5 Å². The molecule has 0 spiro atoms. The van der Waals surface area contributed by atoms with Crippen LogP contribution in [-0.4, -0.2) is 23.6 Å². The van der Waals surface area contributed by atoms with Gasteiger partial charge in [0.15, 0.2) is 0 Å². The van der Waals surface area contributed by atoms with Crippen LogP contribution in [0.5, 0.6) is 0 Å². The van der Waals surface area contributed by atoms with E-state index >= 15 is 0 Å². The quantitative estimate of drug-likeness (QED) is 0.873. The smallest absolute Gasteiger partial charge is 0.0766 e. The van der Waals surface area contributed by atoms with Crippen LogP contribution >= 0.6 is 0 Å². The van der Waals surface area contributed by atoms with Gasteiger partial charge in [-0.05, 0) is 17.7 Å². The number of aryl methyl sites for hydroxylation is 1. The SMILES string of the molecule is CN(C)c1ccncc1NCc1ccn(C)c1. The topological polar surface area (TPSA) is 33.1 Å². The molecule has 4 heteroatoms. The van der Waals surface area contributed by atoms with Crippen molar-refractivity contribution in [2.45, 2.75) is 6.54 Å². The van der Waals surface area contributed by atoms with Gasteiger partial charge >= 0.3 is 0 Å². The molecular formula is C13H18N4. The molecule has 0 amide bonds. The normalized spacial score (nSPS) is 10.3. The molecule has 4 nitrogen and oxygen atoms in total. The van der Waals surface area contributed by atoms with Crippen LogP contribution in [0.25, 0.3) is 0 Å². The average molecular weight is 230 g/mol. The second kappa shape index (κ2) is 4.91. The van der Waals surface area contributed by atoms with Gasteiger partial charge in [0.25, 0.3) is 0 Å². The van der Waals surface area contributed by atoms with E-state index in [0.29, 0.717) is 0 Å². The minimum atomic E-state index is 0.813. The standard InChI is InChI=1S/C13H18N4/c1-16(2)13-4-6-14-9-12(13)15-8-11-5-7-17(3)10-11/h4-7,9-10,15H,8H2,1-3H3. The van der Waals surface area contributed by atoms with Crippen LogP contribution < -0.4 is 10.2 Å². The Morgan fingerprint density at radius 2 is 2.18 bits per heavy atom. The van der Waals surface area contributed by atoms with Crippen molar-refractivity contribution in [2.75, 3.05) is 24.3 Å². The third kappa shape index (κ3) is 2.78. The van der Waals surface area contributed by atoms with Crippen LogP contribution in [0.4, 0.5) is 11.4 Å². The number of hydrogen-bond acceptors (Lipinski definition) is 3. The molecule has 0 aliphatic heterocycles. The van der Waals surface area contributed by atoms with Gasteiger partial charge in [0.2, 0.25) is 0 Å². The highest BCUT2D eigenvalue weighted by molar-refractivity contribution is 5.68. The minimum absolute atomic E-state index is 0.813. The largest absolute Gasteiger partial charge is 0.378 e. The van der Waals surface area contributed by atoms with E-state index in [0.717, 1.165) is 17.9 Å². The lowest BCUT2D eigenvalue weighted by Gasteiger charge is -2.17. The summed E-state index contributed by atoms with van der Waals surface area (Å²) in [6, 6.07) is 4.12. The van der Waals surface area contributed by atoms with E-state index in [9.17, 15) is 0 Å². The first-order valence-electron chi connectivity index (χ1n) is 5.63. The Morgan fingerprint density at radius 3 is 2.82 bits per heavy atom. The summed E-state index contributed by atoms with van der Waals surface area (Å²) in [5, 5.41) is 3.41. The van der Waals surface area contributed by atoms with E-state index in [4.69, 9.17) is 0 Å². The Balaban J connectivity index is 2.08. The Morgan fingerprint density at radius 1 is 1.35 bits per heavy atom. The number of aromatic nitrogens is 2. The molecule has 2 rings (SSSR count). The summed E-state index contributed by atoms with van der Waals surface area (Å²) < 4.78 is 2.05. The average Bonchev–Trinajstić information content (AvgIpc) is 2.73. The fourth-order valence-electron chi connectivity index (χ4n) is 1.78. The predicted molar refractivity (Wildman–Crippen MR) is 71.3 cm³/mol. The van der Waals surface area contributed by atoms with Gasteiger partial charge in [0.05, 0.1) is 17.6 Å². The van der Waals surface area contributed by atoms with Crippen molar-refractivity contribution in [3.8, 4) is 0 Å². The van der Waals surface area contributed by atoms with Gasteiger partial charge in [0.1, 0.15) is 0 Å². The van der Waals surface area contributed by atoms with Crippen LogP contribution in [0.2, 0.25) is 0 Å². The number of anilines is 2. The lowest BCUT2D eigenvalue weighted by molar-refractivity contribution is 0.920. The van der Waals surface area contributed by atoms with Crippen molar-refractivity contribution in [3.63, 3.8) is 0 Å². The summed E-state index contributed by atoms with van der Waals surface area (Å²) >= 11 is 0. The van der Waals surface area contributed by atoms with Crippen molar-refractivity contribution in [3.05, 3.63) is 42.5 Å². The van der Waals surface area contributed by atoms with Gasteiger partial charge in [-0.2, -0.15) is 0 Å². The Kier molecular flexibility index (Phi) is 3.32. The molecule has 0 saturated carbocycles. The fraction of sp³-hybridized carbons (Fsp3) is 0.308. The first-order valence-corrected chi connectivity index (χ1v) is 5.63. The van der Waals surface area contributed by atoms with Crippen molar-refractivity contribution < 1.29 is 0 Å². The molecule has 0 atom stereocenters. The molecule has 0 unspecified atom stereocenters. The number of pyridine rings is 1. The zero-order chi connectivity index (χ0) is 12.3. The molecule has 0 radical (unpaired) electrons. The molecule has 0 aliphatic rings. The monoisotopic (exact) mass is 230 g/mol. The summed E-state index contributed by atoms with van der Waals surface area (Å²) in [5.41, 5.74) is 3.47. The number of nitrogens with one attached hydrogen (secondary N) is 1. The zero-order valence-corrected chi connectivity index (χ0v) is 10.5. The van der Waals surface area contributed by atoms with Gasteiger partial charge in [-0.1, -0.05) is 0 Å². The van der Waals surface area contributed by atoms with Gasteiger partial charge in [-0.15, -0.1) is 0 Å². The maximum atomic E-state index is 4.15. The lowest BCUT2D eigenvalue weighted by Crippen LogP contribution is -2.12. The summed E-state index contributed by atoms with van der Waals surface area (Å²) in [6.07, 6.45) is 7.83. The first kappa shape index (κ1) is 11.5. The number of nitrogens with zero attached hydrogens (tertiary/aromatic N) is 3. The molecule has 0 aromatic carbocycles. The predicted octanol–water partition coefficient (Wildman–Crippen LogP) is 2.10. The van der Waals surface area contributed by atoms with Gasteiger partial charge in [0, 0.05) is 46.3 Å². The van der Waals surface area contributed by atoms with Crippen molar-refractivity contribution in [1.29, 1.82) is 0 Å². The Bertz CT molecular complexity index is 488. The minimum Gasteiger partial charge on any atom is -0.378 e. The molecule has 0 fully saturated rings. The summed E-state index contributed by atoms with van der Waals surface area (Å²) in [7, 11) is 6.09. The second-order valence-electron chi connectivity index (χ2n) is 4.33. The highest BCUT2D eigenvalue weighted by Crippen LogP contribution is 2.22. The third-order valence-electron chi connectivity index (χ3n) is 2.66. The molecule has 17 heavy (non-hydrogen) atoms. The van der Waals surface area contributed by atoms with E-state index in [1.807, 2.05) is 50.4 Å². The molecular weight excluding hydrogens is 212 g/mol. The second-order valence-corrected chi connectivity index (χ2v) is 4.33. The van der Waals surface area contributed by atoms with Crippen LogP contribution in [-0.2, 0) is 13.6 Å². The van der Waals surface area contributed by atoms with E-state index < -0.39 is 0 Å². The van der Waals surface area contributed by atoms with Crippen molar-refractivity contribution >= 4 is 11.4 Å². The van der Waals surface area contributed by atoms with E-state index in [1.165, 1.54) is 5.56 Å². The lowest BCUT2D eigenvalue weighted by atomic mass is 10.3. The Hall–Kier alpha value is -1.97. The maximum Gasteiger partial charge on any atom is 0.0766 e. The Labute approximate surface area is 102 Å².